The minimum Gasteiger partial charge on any atom is -0.364 e. The first-order chi connectivity index (χ1) is 9.29. The maximum atomic E-state index is 11.8. The molecule has 0 radical (unpaired) electrons. The lowest BCUT2D eigenvalue weighted by atomic mass is 10.3. The van der Waals surface area contributed by atoms with Crippen LogP contribution in [0.5, 0.6) is 0 Å². The van der Waals surface area contributed by atoms with Crippen LogP contribution in [0.1, 0.15) is 10.5 Å². The predicted octanol–water partition coefficient (Wildman–Crippen LogP) is 3.16. The van der Waals surface area contributed by atoms with Gasteiger partial charge in [0.2, 0.25) is 0 Å². The van der Waals surface area contributed by atoms with Gasteiger partial charge in [-0.3, -0.25) is 4.79 Å². The van der Waals surface area contributed by atoms with E-state index in [2.05, 4.69) is 15.0 Å². The van der Waals surface area contributed by atoms with Crippen LogP contribution in [0.2, 0.25) is 10.0 Å². The van der Waals surface area contributed by atoms with Crippen molar-refractivity contribution >= 4 is 54.5 Å². The standard InChI is InChI=1S/C10H5Cl3N2O4S/c11-6-3-5(20(13,17)18)4-7(12)9(6)14-10(16)8-1-2-19-15-8/h1-4H,(H,14,16). The Balaban J connectivity index is 2.37. The monoisotopic (exact) mass is 354 g/mol. The molecule has 0 saturated heterocycles. The largest absolute Gasteiger partial charge is 0.364 e. The molecule has 1 N–H and O–H groups in total. The Morgan fingerprint density at radius 2 is 1.85 bits per heavy atom. The smallest absolute Gasteiger partial charge is 0.277 e. The fourth-order valence-electron chi connectivity index (χ4n) is 1.32. The van der Waals surface area contributed by atoms with E-state index in [0.717, 1.165) is 12.1 Å². The van der Waals surface area contributed by atoms with Gasteiger partial charge in [0, 0.05) is 16.7 Å². The molecule has 1 heterocycles. The second-order valence-corrected chi connectivity index (χ2v) is 6.92. The summed E-state index contributed by atoms with van der Waals surface area (Å²) in [5, 5.41) is 5.68. The third-order valence-electron chi connectivity index (χ3n) is 2.21. The number of nitrogens with one attached hydrogen (secondary N) is 1. The lowest BCUT2D eigenvalue weighted by molar-refractivity contribution is 0.101. The number of hydrogen-bond acceptors (Lipinski definition) is 5. The van der Waals surface area contributed by atoms with Gasteiger partial charge in [-0.1, -0.05) is 28.4 Å². The zero-order chi connectivity index (χ0) is 14.9. The average molecular weight is 356 g/mol. The van der Waals surface area contributed by atoms with Gasteiger partial charge in [0.1, 0.15) is 6.26 Å². The van der Waals surface area contributed by atoms with E-state index in [-0.39, 0.29) is 26.3 Å². The van der Waals surface area contributed by atoms with Crippen molar-refractivity contribution in [3.63, 3.8) is 0 Å². The van der Waals surface area contributed by atoms with Crippen LogP contribution in [0.25, 0.3) is 0 Å². The second-order valence-electron chi connectivity index (χ2n) is 3.54. The maximum absolute atomic E-state index is 11.8. The van der Waals surface area contributed by atoms with Gasteiger partial charge in [-0.05, 0) is 12.1 Å². The van der Waals surface area contributed by atoms with E-state index in [0.29, 0.717) is 0 Å². The number of carbonyl (C=O) groups excluding carboxylic acids is 1. The minimum absolute atomic E-state index is 0.0196. The van der Waals surface area contributed by atoms with Crippen LogP contribution in [-0.4, -0.2) is 19.5 Å². The normalized spacial score (nSPS) is 11.3. The molecule has 0 aliphatic heterocycles. The highest BCUT2D eigenvalue weighted by molar-refractivity contribution is 8.13. The van der Waals surface area contributed by atoms with Crippen LogP contribution in [0, 0.1) is 0 Å². The molecule has 2 aromatic rings. The molecule has 106 valence electrons. The molecule has 1 aromatic heterocycles. The number of halogens is 3. The number of carbonyl (C=O) groups is 1. The molecule has 2 rings (SSSR count). The number of benzene rings is 1. The Labute approximate surface area is 128 Å². The Morgan fingerprint density at radius 3 is 2.30 bits per heavy atom. The molecule has 0 aliphatic carbocycles. The first kappa shape index (κ1) is 15.1. The van der Waals surface area contributed by atoms with Crippen molar-refractivity contribution in [2.75, 3.05) is 5.32 Å². The summed E-state index contributed by atoms with van der Waals surface area (Å²) in [4.78, 5) is 11.5. The summed E-state index contributed by atoms with van der Waals surface area (Å²) in [5.41, 5.74) is 0.0663. The second kappa shape index (κ2) is 5.61. The third-order valence-corrected chi connectivity index (χ3v) is 4.14. The van der Waals surface area contributed by atoms with Crippen LogP contribution in [0.4, 0.5) is 5.69 Å². The molecule has 1 amide bonds. The number of hydrogen-bond donors (Lipinski definition) is 1. The van der Waals surface area contributed by atoms with Gasteiger partial charge in [0.15, 0.2) is 5.69 Å². The summed E-state index contributed by atoms with van der Waals surface area (Å²) in [6.45, 7) is 0. The fraction of sp³-hybridized carbons (Fsp3) is 0. The van der Waals surface area contributed by atoms with Gasteiger partial charge in [-0.25, -0.2) is 8.42 Å². The highest BCUT2D eigenvalue weighted by Crippen LogP contribution is 2.34. The zero-order valence-corrected chi connectivity index (χ0v) is 12.5. The summed E-state index contributed by atoms with van der Waals surface area (Å²) < 4.78 is 26.9. The Kier molecular flexibility index (Phi) is 4.24. The molecule has 0 saturated carbocycles. The highest BCUT2D eigenvalue weighted by atomic mass is 35.7. The molecular formula is C10H5Cl3N2O4S. The van der Waals surface area contributed by atoms with Crippen molar-refractivity contribution < 1.29 is 17.7 Å². The van der Waals surface area contributed by atoms with Crippen molar-refractivity contribution in [2.45, 2.75) is 4.90 Å². The summed E-state index contributed by atoms with van der Waals surface area (Å²) in [5.74, 6) is -0.607. The molecule has 0 fully saturated rings. The molecule has 1 aromatic carbocycles. The van der Waals surface area contributed by atoms with Gasteiger partial charge in [-0.15, -0.1) is 0 Å². The van der Waals surface area contributed by atoms with E-state index in [1.165, 1.54) is 12.3 Å². The number of nitrogens with zero attached hydrogens (tertiary/aromatic N) is 1. The first-order valence-corrected chi connectivity index (χ1v) is 8.01. The molecular weight excluding hydrogens is 351 g/mol. The van der Waals surface area contributed by atoms with Gasteiger partial charge in [0.05, 0.1) is 20.6 Å². The molecule has 10 heteroatoms. The van der Waals surface area contributed by atoms with Crippen molar-refractivity contribution in [1.29, 1.82) is 0 Å². The molecule has 0 aliphatic rings. The average Bonchev–Trinajstić information content (AvgIpc) is 2.85. The van der Waals surface area contributed by atoms with E-state index < -0.39 is 15.0 Å². The maximum Gasteiger partial charge on any atom is 0.277 e. The third kappa shape index (κ3) is 3.24. The van der Waals surface area contributed by atoms with E-state index >= 15 is 0 Å². The number of aromatic nitrogens is 1. The van der Waals surface area contributed by atoms with Gasteiger partial charge in [0.25, 0.3) is 15.0 Å². The summed E-state index contributed by atoms with van der Waals surface area (Å²) in [7, 11) is 1.21. The van der Waals surface area contributed by atoms with Crippen molar-refractivity contribution in [2.24, 2.45) is 0 Å². The highest BCUT2D eigenvalue weighted by Gasteiger charge is 2.18. The van der Waals surface area contributed by atoms with E-state index in [1.54, 1.807) is 0 Å². The van der Waals surface area contributed by atoms with Crippen LogP contribution in [-0.2, 0) is 9.05 Å². The predicted molar refractivity (Wildman–Crippen MR) is 74.0 cm³/mol. The van der Waals surface area contributed by atoms with E-state index in [9.17, 15) is 13.2 Å². The molecule has 0 bridgehead atoms. The number of amides is 1. The number of rotatable bonds is 3. The molecule has 6 nitrogen and oxygen atoms in total. The van der Waals surface area contributed by atoms with Crippen molar-refractivity contribution in [3.05, 3.63) is 40.2 Å². The topological polar surface area (TPSA) is 89.3 Å². The number of anilines is 1. The quantitative estimate of drug-likeness (QED) is 0.854. The van der Waals surface area contributed by atoms with Crippen molar-refractivity contribution in [1.82, 2.24) is 5.16 Å². The van der Waals surface area contributed by atoms with E-state index in [1.807, 2.05) is 0 Å². The summed E-state index contributed by atoms with van der Waals surface area (Å²) in [6.07, 6.45) is 1.22. The Morgan fingerprint density at radius 1 is 1.25 bits per heavy atom. The molecule has 0 atom stereocenters. The first-order valence-electron chi connectivity index (χ1n) is 4.94. The summed E-state index contributed by atoms with van der Waals surface area (Å²) >= 11 is 11.8. The van der Waals surface area contributed by atoms with Crippen LogP contribution < -0.4 is 5.32 Å². The Bertz CT molecular complexity index is 736. The molecule has 0 spiro atoms. The SMILES string of the molecule is O=C(Nc1c(Cl)cc(S(=O)(=O)Cl)cc1Cl)c1ccon1. The zero-order valence-electron chi connectivity index (χ0n) is 9.43. The Hall–Kier alpha value is -1.28. The molecule has 20 heavy (non-hydrogen) atoms. The van der Waals surface area contributed by atoms with Gasteiger partial charge >= 0.3 is 0 Å². The lowest BCUT2D eigenvalue weighted by Crippen LogP contribution is -2.13. The van der Waals surface area contributed by atoms with Crippen LogP contribution in [0.15, 0.2) is 33.9 Å². The summed E-state index contributed by atoms with van der Waals surface area (Å²) in [6, 6.07) is 3.50. The molecule has 0 unspecified atom stereocenters. The van der Waals surface area contributed by atoms with Crippen LogP contribution in [0.3, 0.4) is 0 Å². The van der Waals surface area contributed by atoms with Crippen LogP contribution >= 0.6 is 33.9 Å². The van der Waals surface area contributed by atoms with Crippen molar-refractivity contribution in [3.8, 4) is 0 Å². The lowest BCUT2D eigenvalue weighted by Gasteiger charge is -2.09. The fourth-order valence-corrected chi connectivity index (χ4v) is 2.81. The van der Waals surface area contributed by atoms with Gasteiger partial charge in [-0.2, -0.15) is 0 Å². The minimum atomic E-state index is -3.97. The van der Waals surface area contributed by atoms with E-state index in [4.69, 9.17) is 33.9 Å². The van der Waals surface area contributed by atoms with Gasteiger partial charge < -0.3 is 9.84 Å².